The topological polar surface area (TPSA) is 78.5 Å². The molecule has 0 radical (unpaired) electrons. The van der Waals surface area contributed by atoms with Crippen LogP contribution in [0.5, 0.6) is 0 Å². The molecule has 0 spiro atoms. The monoisotopic (exact) mass is 349 g/mol. The molecular weight excluding hydrogens is 330 g/mol. The average molecular weight is 349 g/mol. The highest BCUT2D eigenvalue weighted by atomic mass is 16.2. The number of para-hydroxylation sites is 1. The van der Waals surface area contributed by atoms with E-state index in [0.717, 1.165) is 0 Å². The zero-order valence-electron chi connectivity index (χ0n) is 14.4. The maximum absolute atomic E-state index is 12.3. The van der Waals surface area contributed by atoms with E-state index in [-0.39, 0.29) is 24.9 Å². The molecule has 2 N–H and O–H groups in total. The molecule has 26 heavy (non-hydrogen) atoms. The molecule has 0 unspecified atom stereocenters. The molecule has 0 aliphatic heterocycles. The Bertz CT molecular complexity index is 841. The Morgan fingerprint density at radius 1 is 1.04 bits per heavy atom. The number of carbonyl (C=O) groups excluding carboxylic acids is 3. The molecule has 0 aliphatic rings. The molecule has 6 nitrogen and oxygen atoms in total. The number of likely N-dealkylation sites (N-methyl/N-ethyl adjacent to an activating group) is 1. The summed E-state index contributed by atoms with van der Waals surface area (Å²) in [5, 5.41) is 5.21. The Kier molecular flexibility index (Phi) is 6.52. The number of anilines is 1. The van der Waals surface area contributed by atoms with Gasteiger partial charge in [0.1, 0.15) is 0 Å². The first-order valence-electron chi connectivity index (χ1n) is 7.94. The van der Waals surface area contributed by atoms with Crippen molar-refractivity contribution in [2.75, 3.05) is 25.5 Å². The van der Waals surface area contributed by atoms with Crippen molar-refractivity contribution in [1.29, 1.82) is 0 Å². The Morgan fingerprint density at radius 2 is 1.69 bits per heavy atom. The molecule has 0 fully saturated rings. The number of nitrogens with one attached hydrogen (secondary N) is 2. The van der Waals surface area contributed by atoms with Crippen molar-refractivity contribution < 1.29 is 14.4 Å². The molecule has 0 saturated carbocycles. The van der Waals surface area contributed by atoms with Crippen LogP contribution in [0.25, 0.3) is 0 Å². The van der Waals surface area contributed by atoms with Gasteiger partial charge in [-0.1, -0.05) is 36.3 Å². The van der Waals surface area contributed by atoms with E-state index in [1.54, 1.807) is 55.6 Å². The first kappa shape index (κ1) is 18.7. The lowest BCUT2D eigenvalue weighted by Gasteiger charge is -2.17. The van der Waals surface area contributed by atoms with E-state index in [2.05, 4.69) is 16.6 Å². The lowest BCUT2D eigenvalue weighted by Crippen LogP contribution is -2.35. The predicted molar refractivity (Wildman–Crippen MR) is 99.6 cm³/mol. The van der Waals surface area contributed by atoms with Gasteiger partial charge in [0.15, 0.2) is 0 Å². The minimum absolute atomic E-state index is 0.0927. The maximum atomic E-state index is 12.3. The minimum Gasteiger partial charge on any atom is -0.341 e. The largest absolute Gasteiger partial charge is 0.341 e. The lowest BCUT2D eigenvalue weighted by molar-refractivity contribution is -0.116. The van der Waals surface area contributed by atoms with E-state index in [1.807, 2.05) is 6.07 Å². The second-order valence-electron chi connectivity index (χ2n) is 5.51. The fourth-order valence-electron chi connectivity index (χ4n) is 2.29. The van der Waals surface area contributed by atoms with Crippen molar-refractivity contribution >= 4 is 23.4 Å². The zero-order valence-corrected chi connectivity index (χ0v) is 14.4. The number of benzene rings is 2. The first-order chi connectivity index (χ1) is 12.5. The molecule has 0 saturated heterocycles. The molecule has 2 aromatic rings. The van der Waals surface area contributed by atoms with Gasteiger partial charge in [-0.2, -0.15) is 0 Å². The van der Waals surface area contributed by atoms with Gasteiger partial charge >= 0.3 is 0 Å². The SMILES string of the molecule is C#CCNC(=O)c1ccccc1NC(=O)CN(C)C(=O)c1ccccc1. The molecule has 2 aromatic carbocycles. The third-order valence-corrected chi connectivity index (χ3v) is 3.55. The third kappa shape index (κ3) is 4.95. The van der Waals surface area contributed by atoms with Crippen LogP contribution in [0.3, 0.4) is 0 Å². The van der Waals surface area contributed by atoms with Gasteiger partial charge in [-0.3, -0.25) is 14.4 Å². The number of rotatable bonds is 6. The van der Waals surface area contributed by atoms with Crippen molar-refractivity contribution in [3.8, 4) is 12.3 Å². The lowest BCUT2D eigenvalue weighted by atomic mass is 10.1. The normalized spacial score (nSPS) is 9.69. The van der Waals surface area contributed by atoms with Gasteiger partial charge in [-0.25, -0.2) is 0 Å². The van der Waals surface area contributed by atoms with Gasteiger partial charge in [-0.05, 0) is 24.3 Å². The molecule has 0 bridgehead atoms. The summed E-state index contributed by atoms with van der Waals surface area (Å²) in [6.45, 7) is -0.0521. The van der Waals surface area contributed by atoms with E-state index < -0.39 is 5.91 Å². The van der Waals surface area contributed by atoms with Crippen LogP contribution >= 0.6 is 0 Å². The molecule has 0 heterocycles. The molecule has 0 atom stereocenters. The van der Waals surface area contributed by atoms with E-state index in [0.29, 0.717) is 16.8 Å². The van der Waals surface area contributed by atoms with Gasteiger partial charge in [0.05, 0.1) is 24.3 Å². The molecule has 6 heteroatoms. The third-order valence-electron chi connectivity index (χ3n) is 3.55. The van der Waals surface area contributed by atoms with Crippen LogP contribution in [0.2, 0.25) is 0 Å². The maximum Gasteiger partial charge on any atom is 0.254 e. The number of terminal acetylenes is 1. The quantitative estimate of drug-likeness (QED) is 0.780. The highest BCUT2D eigenvalue weighted by molar-refractivity contribution is 6.05. The van der Waals surface area contributed by atoms with Crippen molar-refractivity contribution in [2.45, 2.75) is 0 Å². The second-order valence-corrected chi connectivity index (χ2v) is 5.51. The molecular formula is C20H19N3O3. The summed E-state index contributed by atoms with van der Waals surface area (Å²) < 4.78 is 0. The zero-order chi connectivity index (χ0) is 18.9. The average Bonchev–Trinajstić information content (AvgIpc) is 2.66. The second kappa shape index (κ2) is 9.04. The molecule has 2 rings (SSSR count). The Balaban J connectivity index is 2.03. The van der Waals surface area contributed by atoms with Gasteiger partial charge in [0.25, 0.3) is 11.8 Å². The summed E-state index contributed by atoms with van der Waals surface area (Å²) in [5.41, 5.74) is 1.15. The van der Waals surface area contributed by atoms with E-state index in [1.165, 1.54) is 4.90 Å². The summed E-state index contributed by atoms with van der Waals surface area (Å²) in [6, 6.07) is 15.3. The Labute approximate surface area is 152 Å². The summed E-state index contributed by atoms with van der Waals surface area (Å²) in [6.07, 6.45) is 5.13. The van der Waals surface area contributed by atoms with Gasteiger partial charge < -0.3 is 15.5 Å². The van der Waals surface area contributed by atoms with Crippen LogP contribution in [0, 0.1) is 12.3 Å². The fraction of sp³-hybridized carbons (Fsp3) is 0.150. The van der Waals surface area contributed by atoms with Crippen molar-refractivity contribution in [3.63, 3.8) is 0 Å². The number of nitrogens with zero attached hydrogens (tertiary/aromatic N) is 1. The molecule has 0 aliphatic carbocycles. The number of amides is 3. The summed E-state index contributed by atoms with van der Waals surface area (Å²) in [4.78, 5) is 38.0. The van der Waals surface area contributed by atoms with E-state index in [4.69, 9.17) is 6.42 Å². The fourth-order valence-corrected chi connectivity index (χ4v) is 2.29. The predicted octanol–water partition coefficient (Wildman–Crippen LogP) is 1.76. The minimum atomic E-state index is -0.408. The summed E-state index contributed by atoms with van der Waals surface area (Å²) >= 11 is 0. The molecule has 132 valence electrons. The van der Waals surface area contributed by atoms with E-state index in [9.17, 15) is 14.4 Å². The summed E-state index contributed by atoms with van der Waals surface area (Å²) in [5.74, 6) is 1.27. The van der Waals surface area contributed by atoms with Gasteiger partial charge in [0.2, 0.25) is 5.91 Å². The number of hydrogen-bond acceptors (Lipinski definition) is 3. The Morgan fingerprint density at radius 3 is 2.38 bits per heavy atom. The highest BCUT2D eigenvalue weighted by Gasteiger charge is 2.17. The van der Waals surface area contributed by atoms with Crippen LogP contribution in [0.15, 0.2) is 54.6 Å². The molecule has 0 aromatic heterocycles. The van der Waals surface area contributed by atoms with Crippen molar-refractivity contribution in [2.24, 2.45) is 0 Å². The molecule has 3 amide bonds. The Hall–Kier alpha value is -3.59. The van der Waals surface area contributed by atoms with Crippen LogP contribution in [0.4, 0.5) is 5.69 Å². The summed E-state index contributed by atoms with van der Waals surface area (Å²) in [7, 11) is 1.54. The van der Waals surface area contributed by atoms with Crippen LogP contribution < -0.4 is 10.6 Å². The van der Waals surface area contributed by atoms with Gasteiger partial charge in [0, 0.05) is 12.6 Å². The highest BCUT2D eigenvalue weighted by Crippen LogP contribution is 2.15. The van der Waals surface area contributed by atoms with Crippen LogP contribution in [-0.4, -0.2) is 42.8 Å². The number of hydrogen-bond donors (Lipinski definition) is 2. The first-order valence-corrected chi connectivity index (χ1v) is 7.94. The van der Waals surface area contributed by atoms with E-state index >= 15 is 0 Å². The standard InChI is InChI=1S/C20H19N3O3/c1-3-13-21-19(25)16-11-7-8-12-17(16)22-18(24)14-23(2)20(26)15-9-5-4-6-10-15/h1,4-12H,13-14H2,2H3,(H,21,25)(H,22,24). The van der Waals surface area contributed by atoms with Gasteiger partial charge in [-0.15, -0.1) is 6.42 Å². The number of carbonyl (C=O) groups is 3. The van der Waals surface area contributed by atoms with Crippen molar-refractivity contribution in [3.05, 3.63) is 65.7 Å². The van der Waals surface area contributed by atoms with Crippen LogP contribution in [-0.2, 0) is 4.79 Å². The van der Waals surface area contributed by atoms with Crippen LogP contribution in [0.1, 0.15) is 20.7 Å². The van der Waals surface area contributed by atoms with Crippen molar-refractivity contribution in [1.82, 2.24) is 10.2 Å². The smallest absolute Gasteiger partial charge is 0.254 e.